The number of furan rings is 1. The lowest BCUT2D eigenvalue weighted by Crippen LogP contribution is -2.10. The Bertz CT molecular complexity index is 3460. The highest BCUT2D eigenvalue weighted by Crippen LogP contribution is 2.47. The Morgan fingerprint density at radius 1 is 0.333 bits per heavy atom. The van der Waals surface area contributed by atoms with E-state index in [0.717, 1.165) is 66.4 Å². The molecule has 12 rings (SSSR count). The third-order valence-corrected chi connectivity index (χ3v) is 11.5. The van der Waals surface area contributed by atoms with Crippen molar-refractivity contribution in [1.29, 1.82) is 0 Å². The summed E-state index contributed by atoms with van der Waals surface area (Å²) in [4.78, 5) is 7.15. The summed E-state index contributed by atoms with van der Waals surface area (Å²) in [5.74, 6) is 0.575. The number of rotatable bonds is 5. The maximum Gasteiger partial charge on any atom is 0.227 e. The van der Waals surface area contributed by atoms with E-state index in [1.807, 2.05) is 30.3 Å². The van der Waals surface area contributed by atoms with Crippen molar-refractivity contribution in [2.75, 3.05) is 4.90 Å². The average molecular weight is 729 g/mol. The normalized spacial score (nSPS) is 11.9. The Labute approximate surface area is 327 Å². The molecule has 0 radical (unpaired) electrons. The highest BCUT2D eigenvalue weighted by molar-refractivity contribution is 6.26. The first kappa shape index (κ1) is 31.6. The predicted octanol–water partition coefficient (Wildman–Crippen LogP) is 15.1. The average Bonchev–Trinajstić information content (AvgIpc) is 3.89. The van der Waals surface area contributed by atoms with Crippen LogP contribution in [0.25, 0.3) is 98.7 Å². The van der Waals surface area contributed by atoms with Crippen molar-refractivity contribution in [1.82, 2.24) is 4.98 Å². The first-order valence-electron chi connectivity index (χ1n) is 19.3. The van der Waals surface area contributed by atoms with E-state index in [2.05, 4.69) is 169 Å². The second-order valence-corrected chi connectivity index (χ2v) is 14.7. The Morgan fingerprint density at radius 2 is 0.895 bits per heavy atom. The predicted molar refractivity (Wildman–Crippen MR) is 237 cm³/mol. The lowest BCUT2D eigenvalue weighted by atomic mass is 9.93. The third kappa shape index (κ3) is 4.98. The first-order chi connectivity index (χ1) is 28.2. The van der Waals surface area contributed by atoms with E-state index in [-0.39, 0.29) is 0 Å². The molecule has 2 heterocycles. The van der Waals surface area contributed by atoms with E-state index in [1.165, 1.54) is 43.4 Å². The van der Waals surface area contributed by atoms with Crippen LogP contribution in [0.1, 0.15) is 0 Å². The van der Waals surface area contributed by atoms with Gasteiger partial charge in [-0.3, -0.25) is 0 Å². The van der Waals surface area contributed by atoms with Gasteiger partial charge in [0.1, 0.15) is 16.7 Å². The molecular weight excluding hydrogens is 697 g/mol. The molecule has 0 fully saturated rings. The van der Waals surface area contributed by atoms with E-state index in [4.69, 9.17) is 13.8 Å². The lowest BCUT2D eigenvalue weighted by molar-refractivity contribution is 0.619. The summed E-state index contributed by atoms with van der Waals surface area (Å²) in [6.45, 7) is 0. The van der Waals surface area contributed by atoms with Crippen molar-refractivity contribution < 1.29 is 8.83 Å². The maximum atomic E-state index is 6.82. The molecule has 0 unspecified atom stereocenters. The minimum Gasteiger partial charge on any atom is -0.456 e. The van der Waals surface area contributed by atoms with Crippen LogP contribution in [0.4, 0.5) is 17.1 Å². The van der Waals surface area contributed by atoms with Crippen LogP contribution in [0.3, 0.4) is 0 Å². The quantitative estimate of drug-likeness (QED) is 0.166. The summed E-state index contributed by atoms with van der Waals surface area (Å²) >= 11 is 0. The number of anilines is 3. The van der Waals surface area contributed by atoms with E-state index >= 15 is 0 Å². The minimum absolute atomic E-state index is 0.575. The topological polar surface area (TPSA) is 42.4 Å². The zero-order valence-electron chi connectivity index (χ0n) is 30.7. The van der Waals surface area contributed by atoms with Crippen LogP contribution >= 0.6 is 0 Å². The standard InChI is InChI=1S/C53H32N2O2/c1-2-12-33(13-3-1)34-22-25-36(26-23-34)55(37-27-29-42-40-16-5-4-14-38(40)39-15-6-7-17-41(39)46(42)31-37)48-32-51-52(44-19-9-8-18-43(44)48)45-28-24-35(30-50(45)56-51)53-54-47-20-10-11-21-49(47)57-53/h1-32H. The number of benzene rings is 10. The summed E-state index contributed by atoms with van der Waals surface area (Å²) in [7, 11) is 0. The molecule has 0 aliphatic rings. The molecule has 0 saturated carbocycles. The molecule has 266 valence electrons. The van der Waals surface area contributed by atoms with Gasteiger partial charge in [0.25, 0.3) is 0 Å². The lowest BCUT2D eigenvalue weighted by Gasteiger charge is -2.28. The van der Waals surface area contributed by atoms with Gasteiger partial charge in [-0.25, -0.2) is 4.98 Å². The molecule has 57 heavy (non-hydrogen) atoms. The maximum absolute atomic E-state index is 6.82. The second kappa shape index (κ2) is 12.4. The molecule has 0 aliphatic carbocycles. The molecule has 12 aromatic rings. The fourth-order valence-corrected chi connectivity index (χ4v) is 8.83. The molecule has 0 N–H and O–H groups in total. The molecule has 0 bridgehead atoms. The number of para-hydroxylation sites is 2. The second-order valence-electron chi connectivity index (χ2n) is 14.7. The Morgan fingerprint density at radius 3 is 1.63 bits per heavy atom. The van der Waals surface area contributed by atoms with Crippen molar-refractivity contribution in [3.63, 3.8) is 0 Å². The van der Waals surface area contributed by atoms with Crippen molar-refractivity contribution in [2.24, 2.45) is 0 Å². The van der Waals surface area contributed by atoms with Crippen LogP contribution in [-0.2, 0) is 0 Å². The van der Waals surface area contributed by atoms with Gasteiger partial charge in [0, 0.05) is 39.2 Å². The van der Waals surface area contributed by atoms with E-state index in [1.54, 1.807) is 0 Å². The first-order valence-corrected chi connectivity index (χ1v) is 19.3. The fraction of sp³-hybridized carbons (Fsp3) is 0. The van der Waals surface area contributed by atoms with E-state index in [9.17, 15) is 0 Å². The van der Waals surface area contributed by atoms with Crippen LogP contribution in [0.2, 0.25) is 0 Å². The Hall–Kier alpha value is -7.69. The number of nitrogens with zero attached hydrogens (tertiary/aromatic N) is 2. The van der Waals surface area contributed by atoms with Crippen LogP contribution in [0.5, 0.6) is 0 Å². The van der Waals surface area contributed by atoms with Gasteiger partial charge in [0.05, 0.1) is 5.69 Å². The van der Waals surface area contributed by atoms with E-state index in [0.29, 0.717) is 5.89 Å². The fourth-order valence-electron chi connectivity index (χ4n) is 8.83. The zero-order valence-corrected chi connectivity index (χ0v) is 30.7. The molecule has 4 nitrogen and oxygen atoms in total. The molecule has 0 aliphatic heterocycles. The SMILES string of the molecule is c1ccc(-c2ccc(N(c3ccc4c5ccccc5c5ccccc5c4c3)c3cc4oc5cc(-c6nc7ccccc7o6)ccc5c4c4ccccc34)cc2)cc1. The highest BCUT2D eigenvalue weighted by atomic mass is 16.3. The summed E-state index contributed by atoms with van der Waals surface area (Å²) in [6, 6.07) is 68.9. The van der Waals surface area contributed by atoms with Crippen molar-refractivity contribution >= 4 is 93.2 Å². The largest absolute Gasteiger partial charge is 0.456 e. The molecule has 0 atom stereocenters. The van der Waals surface area contributed by atoms with Crippen LogP contribution in [0.15, 0.2) is 203 Å². The third-order valence-electron chi connectivity index (χ3n) is 11.5. The molecule has 10 aromatic carbocycles. The van der Waals surface area contributed by atoms with Crippen LogP contribution in [0, 0.1) is 0 Å². The number of hydrogen-bond acceptors (Lipinski definition) is 4. The van der Waals surface area contributed by atoms with Crippen molar-refractivity contribution in [3.8, 4) is 22.6 Å². The monoisotopic (exact) mass is 728 g/mol. The zero-order chi connectivity index (χ0) is 37.5. The van der Waals surface area contributed by atoms with Gasteiger partial charge in [0.15, 0.2) is 5.58 Å². The van der Waals surface area contributed by atoms with Crippen molar-refractivity contribution in [3.05, 3.63) is 194 Å². The van der Waals surface area contributed by atoms with Gasteiger partial charge in [-0.2, -0.15) is 0 Å². The number of aromatic nitrogens is 1. The summed E-state index contributed by atoms with van der Waals surface area (Å²) in [5, 5.41) is 11.9. The summed E-state index contributed by atoms with van der Waals surface area (Å²) in [5.41, 5.74) is 9.58. The van der Waals surface area contributed by atoms with Gasteiger partial charge >= 0.3 is 0 Å². The minimum atomic E-state index is 0.575. The van der Waals surface area contributed by atoms with Gasteiger partial charge in [-0.15, -0.1) is 0 Å². The van der Waals surface area contributed by atoms with Crippen LogP contribution in [-0.4, -0.2) is 4.98 Å². The highest BCUT2D eigenvalue weighted by Gasteiger charge is 2.22. The van der Waals surface area contributed by atoms with Crippen LogP contribution < -0.4 is 4.90 Å². The molecule has 0 amide bonds. The van der Waals surface area contributed by atoms with Gasteiger partial charge in [-0.05, 0) is 103 Å². The molecule has 0 saturated heterocycles. The summed E-state index contributed by atoms with van der Waals surface area (Å²) < 4.78 is 13.0. The van der Waals surface area contributed by atoms with Crippen molar-refractivity contribution in [2.45, 2.75) is 0 Å². The molecular formula is C53H32N2O2. The smallest absolute Gasteiger partial charge is 0.227 e. The Balaban J connectivity index is 1.10. The summed E-state index contributed by atoms with van der Waals surface area (Å²) in [6.07, 6.45) is 0. The number of hydrogen-bond donors (Lipinski definition) is 0. The molecule has 0 spiro atoms. The molecule has 4 heteroatoms. The molecule has 2 aromatic heterocycles. The number of fused-ring (bicyclic) bond motifs is 12. The Kier molecular flexibility index (Phi) is 6.89. The van der Waals surface area contributed by atoms with Gasteiger partial charge < -0.3 is 13.7 Å². The number of oxazole rings is 1. The van der Waals surface area contributed by atoms with Gasteiger partial charge in [-0.1, -0.05) is 133 Å². The van der Waals surface area contributed by atoms with Gasteiger partial charge in [0.2, 0.25) is 5.89 Å². The van der Waals surface area contributed by atoms with E-state index < -0.39 is 0 Å².